The van der Waals surface area contributed by atoms with Crippen molar-refractivity contribution in [2.45, 2.75) is 60.6 Å². The van der Waals surface area contributed by atoms with Crippen molar-refractivity contribution in [2.75, 3.05) is 25.5 Å². The molecule has 28 heavy (non-hydrogen) atoms. The van der Waals surface area contributed by atoms with E-state index in [0.717, 1.165) is 30.2 Å². The molecule has 1 rings (SSSR count). The summed E-state index contributed by atoms with van der Waals surface area (Å²) >= 11 is 0. The molecular formula is C22H38N4O2. The standard InChI is InChI=1S/C22H38N4O2/c1-8-16(3)20(27)26-18-12-10-11-17(13-18)14-24-21(23-9-2)25-15-19(28-7)22(4,5)6/h10-13,16,19H,8-9,14-15H2,1-7H3,(H,26,27)(H2,23,24,25). The third kappa shape index (κ3) is 8.30. The summed E-state index contributed by atoms with van der Waals surface area (Å²) in [6.45, 7) is 14.4. The van der Waals surface area contributed by atoms with Gasteiger partial charge in [-0.25, -0.2) is 4.99 Å². The zero-order valence-corrected chi connectivity index (χ0v) is 18.6. The maximum absolute atomic E-state index is 12.1. The van der Waals surface area contributed by atoms with E-state index in [4.69, 9.17) is 4.74 Å². The lowest BCUT2D eigenvalue weighted by atomic mass is 9.89. The summed E-state index contributed by atoms with van der Waals surface area (Å²) in [5, 5.41) is 9.60. The summed E-state index contributed by atoms with van der Waals surface area (Å²) in [4.78, 5) is 16.8. The minimum atomic E-state index is 0.00257. The first-order valence-corrected chi connectivity index (χ1v) is 10.2. The molecule has 0 radical (unpaired) electrons. The van der Waals surface area contributed by atoms with Gasteiger partial charge in [0.1, 0.15) is 0 Å². The molecule has 6 nitrogen and oxygen atoms in total. The van der Waals surface area contributed by atoms with Crippen LogP contribution >= 0.6 is 0 Å². The van der Waals surface area contributed by atoms with Crippen LogP contribution in [0.25, 0.3) is 0 Å². The van der Waals surface area contributed by atoms with E-state index in [2.05, 4.69) is 41.7 Å². The van der Waals surface area contributed by atoms with Gasteiger partial charge >= 0.3 is 0 Å². The van der Waals surface area contributed by atoms with Gasteiger partial charge in [0.05, 0.1) is 12.6 Å². The maximum Gasteiger partial charge on any atom is 0.227 e. The van der Waals surface area contributed by atoms with E-state index in [-0.39, 0.29) is 23.3 Å². The molecule has 2 atom stereocenters. The molecule has 0 fully saturated rings. The summed E-state index contributed by atoms with van der Waals surface area (Å²) in [5.74, 6) is 0.802. The van der Waals surface area contributed by atoms with Crippen LogP contribution in [0.2, 0.25) is 0 Å². The average molecular weight is 391 g/mol. The zero-order chi connectivity index (χ0) is 21.2. The molecule has 1 amide bonds. The van der Waals surface area contributed by atoms with E-state index in [1.54, 1.807) is 7.11 Å². The highest BCUT2D eigenvalue weighted by atomic mass is 16.5. The first-order chi connectivity index (χ1) is 13.2. The van der Waals surface area contributed by atoms with Crippen LogP contribution in [-0.2, 0) is 16.1 Å². The monoisotopic (exact) mass is 390 g/mol. The molecular weight excluding hydrogens is 352 g/mol. The van der Waals surface area contributed by atoms with Gasteiger partial charge < -0.3 is 20.7 Å². The van der Waals surface area contributed by atoms with Crippen LogP contribution in [0.3, 0.4) is 0 Å². The molecule has 0 bridgehead atoms. The molecule has 0 aromatic heterocycles. The predicted molar refractivity (Wildman–Crippen MR) is 118 cm³/mol. The first-order valence-electron chi connectivity index (χ1n) is 10.2. The van der Waals surface area contributed by atoms with Crippen molar-refractivity contribution in [1.29, 1.82) is 0 Å². The third-order valence-electron chi connectivity index (χ3n) is 4.72. The number of ether oxygens (including phenoxy) is 1. The molecule has 0 aliphatic heterocycles. The smallest absolute Gasteiger partial charge is 0.227 e. The second-order valence-corrected chi connectivity index (χ2v) is 8.17. The van der Waals surface area contributed by atoms with Crippen LogP contribution in [0.1, 0.15) is 53.5 Å². The van der Waals surface area contributed by atoms with Crippen molar-refractivity contribution in [2.24, 2.45) is 16.3 Å². The highest BCUT2D eigenvalue weighted by Gasteiger charge is 2.24. The number of carbonyl (C=O) groups excluding carboxylic acids is 1. The number of guanidine groups is 1. The van der Waals surface area contributed by atoms with Crippen molar-refractivity contribution in [3.63, 3.8) is 0 Å². The van der Waals surface area contributed by atoms with Crippen molar-refractivity contribution < 1.29 is 9.53 Å². The second-order valence-electron chi connectivity index (χ2n) is 8.17. The Bertz CT molecular complexity index is 638. The number of nitrogens with one attached hydrogen (secondary N) is 3. The molecule has 6 heteroatoms. The minimum Gasteiger partial charge on any atom is -0.379 e. The van der Waals surface area contributed by atoms with E-state index in [1.807, 2.05) is 45.0 Å². The Kier molecular flexibility index (Phi) is 10.0. The maximum atomic E-state index is 12.1. The Hall–Kier alpha value is -2.08. The quantitative estimate of drug-likeness (QED) is 0.443. The lowest BCUT2D eigenvalue weighted by Gasteiger charge is -2.30. The fourth-order valence-electron chi connectivity index (χ4n) is 2.64. The molecule has 0 aliphatic carbocycles. The number of hydrogen-bond donors (Lipinski definition) is 3. The van der Waals surface area contributed by atoms with Gasteiger partial charge in [0, 0.05) is 31.8 Å². The van der Waals surface area contributed by atoms with Gasteiger partial charge in [0.25, 0.3) is 0 Å². The van der Waals surface area contributed by atoms with Crippen LogP contribution in [-0.4, -0.2) is 38.2 Å². The van der Waals surface area contributed by atoms with Gasteiger partial charge in [-0.15, -0.1) is 0 Å². The predicted octanol–water partition coefficient (Wildman–Crippen LogP) is 3.79. The van der Waals surface area contributed by atoms with Gasteiger partial charge in [-0.3, -0.25) is 4.79 Å². The summed E-state index contributed by atoms with van der Waals surface area (Å²) in [6, 6.07) is 7.83. The lowest BCUT2D eigenvalue weighted by molar-refractivity contribution is -0.119. The highest BCUT2D eigenvalue weighted by molar-refractivity contribution is 5.92. The van der Waals surface area contributed by atoms with Gasteiger partial charge in [-0.2, -0.15) is 0 Å². The van der Waals surface area contributed by atoms with E-state index >= 15 is 0 Å². The number of benzene rings is 1. The average Bonchev–Trinajstić information content (AvgIpc) is 2.65. The molecule has 158 valence electrons. The normalized spacial score (nSPS) is 14.3. The molecule has 3 N–H and O–H groups in total. The van der Waals surface area contributed by atoms with Crippen LogP contribution in [0, 0.1) is 11.3 Å². The molecule has 0 heterocycles. The number of amides is 1. The van der Waals surface area contributed by atoms with E-state index in [1.165, 1.54) is 0 Å². The number of carbonyl (C=O) groups is 1. The van der Waals surface area contributed by atoms with Gasteiger partial charge in [0.15, 0.2) is 5.96 Å². The fraction of sp³-hybridized carbons (Fsp3) is 0.636. The lowest BCUT2D eigenvalue weighted by Crippen LogP contribution is -2.45. The molecule has 2 unspecified atom stereocenters. The SMILES string of the molecule is CCNC(=NCc1cccc(NC(=O)C(C)CC)c1)NCC(OC)C(C)(C)C. The first kappa shape index (κ1) is 24.0. The molecule has 0 spiro atoms. The minimum absolute atomic E-state index is 0.00257. The number of rotatable bonds is 9. The number of aliphatic imine (C=N–C) groups is 1. The van der Waals surface area contributed by atoms with Crippen molar-refractivity contribution in [3.05, 3.63) is 29.8 Å². The number of hydrogen-bond acceptors (Lipinski definition) is 3. The topological polar surface area (TPSA) is 74.8 Å². The van der Waals surface area contributed by atoms with Crippen LogP contribution in [0.15, 0.2) is 29.3 Å². The van der Waals surface area contributed by atoms with E-state index in [9.17, 15) is 4.79 Å². The summed E-state index contributed by atoms with van der Waals surface area (Å²) in [7, 11) is 1.74. The van der Waals surface area contributed by atoms with E-state index < -0.39 is 0 Å². The van der Waals surface area contributed by atoms with E-state index in [0.29, 0.717) is 13.1 Å². The highest BCUT2D eigenvalue weighted by Crippen LogP contribution is 2.21. The summed E-state index contributed by atoms with van der Waals surface area (Å²) < 4.78 is 5.60. The number of methoxy groups -OCH3 is 1. The zero-order valence-electron chi connectivity index (χ0n) is 18.6. The second kappa shape index (κ2) is 11.7. The molecule has 0 saturated heterocycles. The molecule has 0 saturated carbocycles. The Labute approximate surface area is 170 Å². The number of nitrogens with zero attached hydrogens (tertiary/aromatic N) is 1. The molecule has 1 aromatic rings. The summed E-state index contributed by atoms with van der Waals surface area (Å²) in [6.07, 6.45) is 0.903. The Morgan fingerprint density at radius 1 is 1.21 bits per heavy atom. The largest absolute Gasteiger partial charge is 0.379 e. The summed E-state index contributed by atoms with van der Waals surface area (Å²) in [5.41, 5.74) is 1.89. The molecule has 1 aromatic carbocycles. The van der Waals surface area contributed by atoms with Gasteiger partial charge in [-0.05, 0) is 36.5 Å². The Morgan fingerprint density at radius 2 is 1.93 bits per heavy atom. The van der Waals surface area contributed by atoms with Gasteiger partial charge in [0.2, 0.25) is 5.91 Å². The third-order valence-corrected chi connectivity index (χ3v) is 4.72. The number of anilines is 1. The van der Waals surface area contributed by atoms with Crippen molar-refractivity contribution >= 4 is 17.6 Å². The van der Waals surface area contributed by atoms with Gasteiger partial charge in [-0.1, -0.05) is 46.8 Å². The van der Waals surface area contributed by atoms with Crippen LogP contribution in [0.4, 0.5) is 5.69 Å². The fourth-order valence-corrected chi connectivity index (χ4v) is 2.64. The van der Waals surface area contributed by atoms with Crippen LogP contribution < -0.4 is 16.0 Å². The van der Waals surface area contributed by atoms with Crippen LogP contribution in [0.5, 0.6) is 0 Å². The molecule has 0 aliphatic rings. The Morgan fingerprint density at radius 3 is 2.50 bits per heavy atom. The Balaban J connectivity index is 2.76. The van der Waals surface area contributed by atoms with Crippen molar-refractivity contribution in [3.8, 4) is 0 Å². The van der Waals surface area contributed by atoms with Crippen molar-refractivity contribution in [1.82, 2.24) is 10.6 Å².